The van der Waals surface area contributed by atoms with Gasteiger partial charge in [-0.3, -0.25) is 19.9 Å². The van der Waals surface area contributed by atoms with Gasteiger partial charge in [-0.15, -0.1) is 0 Å². The summed E-state index contributed by atoms with van der Waals surface area (Å²) in [5, 5.41) is 10.9. The molecule has 0 saturated heterocycles. The van der Waals surface area contributed by atoms with E-state index >= 15 is 0 Å². The Balaban J connectivity index is 1.38. The first-order chi connectivity index (χ1) is 17.0. The van der Waals surface area contributed by atoms with E-state index in [4.69, 9.17) is 0 Å². The number of hydrogen-bond acceptors (Lipinski definition) is 5. The van der Waals surface area contributed by atoms with Gasteiger partial charge in [-0.2, -0.15) is 5.10 Å². The molecule has 174 valence electrons. The maximum Gasteiger partial charge on any atom is 0.276 e. The number of carbonyl (C=O) groups excluding carboxylic acids is 1. The van der Waals surface area contributed by atoms with Crippen LogP contribution in [0.5, 0.6) is 0 Å². The van der Waals surface area contributed by atoms with E-state index in [2.05, 4.69) is 43.7 Å². The third-order valence-electron chi connectivity index (χ3n) is 5.72. The first kappa shape index (κ1) is 22.4. The molecule has 5 aromatic rings. The monoisotopic (exact) mass is 462 g/mol. The number of aromatic nitrogens is 4. The van der Waals surface area contributed by atoms with Crippen LogP contribution in [0.1, 0.15) is 27.3 Å². The van der Waals surface area contributed by atoms with Crippen molar-refractivity contribution in [3.8, 4) is 11.1 Å². The van der Waals surface area contributed by atoms with Crippen molar-refractivity contribution >= 4 is 22.5 Å². The maximum absolute atomic E-state index is 13.0. The van der Waals surface area contributed by atoms with Crippen LogP contribution in [0.25, 0.3) is 22.0 Å². The number of nitrogens with zero attached hydrogens (tertiary/aromatic N) is 4. The number of nitrogens with one attached hydrogen (secondary N) is 2. The van der Waals surface area contributed by atoms with Crippen molar-refractivity contribution in [2.75, 3.05) is 19.4 Å². The summed E-state index contributed by atoms with van der Waals surface area (Å²) in [6.45, 7) is 0.739. The summed E-state index contributed by atoms with van der Waals surface area (Å²) in [7, 11) is 3.98. The van der Waals surface area contributed by atoms with Gasteiger partial charge >= 0.3 is 0 Å². The highest BCUT2D eigenvalue weighted by atomic mass is 16.1. The smallest absolute Gasteiger partial charge is 0.276 e. The minimum atomic E-state index is -0.286. The van der Waals surface area contributed by atoms with Gasteiger partial charge in [-0.1, -0.05) is 36.4 Å². The Morgan fingerprint density at radius 2 is 1.77 bits per heavy atom. The molecule has 0 bridgehead atoms. The topological polar surface area (TPSA) is 86.8 Å². The number of carbonyl (C=O) groups is 1. The zero-order chi connectivity index (χ0) is 24.2. The van der Waals surface area contributed by atoms with E-state index in [1.54, 1.807) is 6.20 Å². The lowest BCUT2D eigenvalue weighted by atomic mass is 10.0. The lowest BCUT2D eigenvalue weighted by Crippen LogP contribution is -2.14. The molecule has 0 fully saturated rings. The quantitative estimate of drug-likeness (QED) is 0.358. The molecule has 0 spiro atoms. The van der Waals surface area contributed by atoms with Crippen LogP contribution < -0.4 is 5.32 Å². The zero-order valence-electron chi connectivity index (χ0n) is 19.7. The fourth-order valence-electron chi connectivity index (χ4n) is 4.05. The Labute approximate surface area is 203 Å². The van der Waals surface area contributed by atoms with Gasteiger partial charge in [0.2, 0.25) is 0 Å². The van der Waals surface area contributed by atoms with Gasteiger partial charge in [0, 0.05) is 29.9 Å². The van der Waals surface area contributed by atoms with Gasteiger partial charge in [0.1, 0.15) is 0 Å². The molecule has 0 unspecified atom stereocenters. The number of H-pyrrole nitrogens is 1. The fourth-order valence-corrected chi connectivity index (χ4v) is 4.05. The molecule has 3 heterocycles. The maximum atomic E-state index is 13.0. The highest BCUT2D eigenvalue weighted by Gasteiger charge is 2.16. The molecule has 0 atom stereocenters. The highest BCUT2D eigenvalue weighted by Crippen LogP contribution is 2.26. The second-order valence-corrected chi connectivity index (χ2v) is 8.81. The van der Waals surface area contributed by atoms with E-state index in [1.165, 1.54) is 5.56 Å². The van der Waals surface area contributed by atoms with Crippen molar-refractivity contribution in [1.82, 2.24) is 25.1 Å². The van der Waals surface area contributed by atoms with Crippen LogP contribution in [0.2, 0.25) is 0 Å². The Morgan fingerprint density at radius 1 is 0.914 bits per heavy atom. The summed E-state index contributed by atoms with van der Waals surface area (Å²) >= 11 is 0. The largest absolute Gasteiger partial charge is 0.319 e. The van der Waals surface area contributed by atoms with E-state index in [0.29, 0.717) is 11.4 Å². The Bertz CT molecular complexity index is 1460. The Morgan fingerprint density at radius 3 is 2.54 bits per heavy atom. The predicted molar refractivity (Wildman–Crippen MR) is 138 cm³/mol. The highest BCUT2D eigenvalue weighted by molar-refractivity contribution is 6.11. The molecular weight excluding hydrogens is 436 g/mol. The molecule has 2 N–H and O–H groups in total. The van der Waals surface area contributed by atoms with Gasteiger partial charge in [0.15, 0.2) is 5.69 Å². The van der Waals surface area contributed by atoms with E-state index in [-0.39, 0.29) is 5.91 Å². The lowest BCUT2D eigenvalue weighted by molar-refractivity contribution is 0.102. The molecule has 0 aliphatic carbocycles. The molecule has 0 aliphatic heterocycles. The molecule has 0 aliphatic rings. The van der Waals surface area contributed by atoms with Crippen LogP contribution in [-0.2, 0) is 13.0 Å². The fraction of sp³-hybridized carbons (Fsp3) is 0.143. The van der Waals surface area contributed by atoms with Gasteiger partial charge in [-0.25, -0.2) is 0 Å². The van der Waals surface area contributed by atoms with Gasteiger partial charge in [-0.05, 0) is 67.5 Å². The molecule has 0 saturated carbocycles. The molecule has 0 radical (unpaired) electrons. The number of rotatable bonds is 7. The van der Waals surface area contributed by atoms with E-state index in [1.807, 2.05) is 79.9 Å². The number of hydrogen-bond donors (Lipinski definition) is 2. The van der Waals surface area contributed by atoms with Crippen molar-refractivity contribution in [2.45, 2.75) is 13.0 Å². The van der Waals surface area contributed by atoms with E-state index in [9.17, 15) is 4.79 Å². The molecular formula is C28H26N6O. The van der Waals surface area contributed by atoms with Crippen molar-refractivity contribution in [3.63, 3.8) is 0 Å². The summed E-state index contributed by atoms with van der Waals surface area (Å²) < 4.78 is 0. The van der Waals surface area contributed by atoms with Crippen LogP contribution in [0.15, 0.2) is 85.3 Å². The molecule has 2 aromatic carbocycles. The van der Waals surface area contributed by atoms with Gasteiger partial charge in [0.05, 0.1) is 23.1 Å². The van der Waals surface area contributed by atoms with Crippen LogP contribution in [0, 0.1) is 0 Å². The van der Waals surface area contributed by atoms with Crippen LogP contribution in [-0.4, -0.2) is 45.1 Å². The van der Waals surface area contributed by atoms with Gasteiger partial charge in [0.25, 0.3) is 5.91 Å². The number of aromatic amines is 1. The summed E-state index contributed by atoms with van der Waals surface area (Å²) in [5.74, 6) is -0.286. The summed E-state index contributed by atoms with van der Waals surface area (Å²) in [6, 6.07) is 22.2. The van der Waals surface area contributed by atoms with Crippen LogP contribution in [0.4, 0.5) is 5.69 Å². The van der Waals surface area contributed by atoms with Crippen molar-refractivity contribution in [3.05, 3.63) is 108 Å². The molecule has 35 heavy (non-hydrogen) atoms. The number of amides is 1. The first-order valence-corrected chi connectivity index (χ1v) is 11.4. The molecule has 7 heteroatoms. The number of anilines is 1. The summed E-state index contributed by atoms with van der Waals surface area (Å²) in [5.41, 5.74) is 7.04. The van der Waals surface area contributed by atoms with Gasteiger partial charge < -0.3 is 10.2 Å². The summed E-state index contributed by atoms with van der Waals surface area (Å²) in [4.78, 5) is 23.9. The van der Waals surface area contributed by atoms with E-state index < -0.39 is 0 Å². The second-order valence-electron chi connectivity index (χ2n) is 8.81. The normalized spacial score (nSPS) is 11.2. The standard InChI is InChI=1S/C28H26N6O/c1-34(2)18-24-10-9-23(17-30-24)31-28(35)27-25-14-21(8-11-26(25)32-33-27)22-13-20(15-29-16-22)12-19-6-4-3-5-7-19/h3-11,13-17H,12,18H2,1-2H3,(H,31,35)(H,32,33). The third kappa shape index (κ3) is 5.26. The summed E-state index contributed by atoms with van der Waals surface area (Å²) in [6.07, 6.45) is 6.21. The zero-order valence-corrected chi connectivity index (χ0v) is 19.7. The molecule has 5 rings (SSSR count). The SMILES string of the molecule is CN(C)Cc1ccc(NC(=O)c2n[nH]c3ccc(-c4cncc(Cc5ccccc5)c4)cc23)cn1. The minimum Gasteiger partial charge on any atom is -0.319 e. The second kappa shape index (κ2) is 9.87. The molecule has 7 nitrogen and oxygen atoms in total. The molecule has 1 amide bonds. The predicted octanol–water partition coefficient (Wildman–Crippen LogP) is 4.92. The van der Waals surface area contributed by atoms with Crippen molar-refractivity contribution in [2.24, 2.45) is 0 Å². The number of fused-ring (bicyclic) bond motifs is 1. The van der Waals surface area contributed by atoms with E-state index in [0.717, 1.165) is 46.3 Å². The Kier molecular flexibility index (Phi) is 6.32. The number of benzene rings is 2. The third-order valence-corrected chi connectivity index (χ3v) is 5.72. The van der Waals surface area contributed by atoms with Crippen LogP contribution in [0.3, 0.4) is 0 Å². The van der Waals surface area contributed by atoms with Crippen LogP contribution >= 0.6 is 0 Å². The Hall–Kier alpha value is -4.36. The van der Waals surface area contributed by atoms with Crippen molar-refractivity contribution < 1.29 is 4.79 Å². The first-order valence-electron chi connectivity index (χ1n) is 11.4. The molecule has 3 aromatic heterocycles. The lowest BCUT2D eigenvalue weighted by Gasteiger charge is -2.09. The van der Waals surface area contributed by atoms with Crippen molar-refractivity contribution in [1.29, 1.82) is 0 Å². The average molecular weight is 463 g/mol. The minimum absolute atomic E-state index is 0.286. The number of pyridine rings is 2. The average Bonchev–Trinajstić information content (AvgIpc) is 3.29.